The average Bonchev–Trinajstić information content (AvgIpc) is 2.80. The van der Waals surface area contributed by atoms with E-state index in [-0.39, 0.29) is 18.4 Å². The van der Waals surface area contributed by atoms with Crippen molar-refractivity contribution in [3.63, 3.8) is 0 Å². The molecule has 0 fully saturated rings. The minimum atomic E-state index is -0.330. The van der Waals surface area contributed by atoms with Crippen LogP contribution in [0.1, 0.15) is 26.5 Å². The van der Waals surface area contributed by atoms with Gasteiger partial charge >= 0.3 is 0 Å². The highest BCUT2D eigenvalue weighted by molar-refractivity contribution is 7.15. The van der Waals surface area contributed by atoms with Crippen molar-refractivity contribution >= 4 is 28.3 Å². The Morgan fingerprint density at radius 2 is 1.76 bits per heavy atom. The molecule has 1 aromatic carbocycles. The predicted molar refractivity (Wildman–Crippen MR) is 81.5 cm³/mol. The highest BCUT2D eigenvalue weighted by atomic mass is 32.1. The molecule has 0 aliphatic carbocycles. The molecule has 6 nitrogen and oxygen atoms in total. The van der Waals surface area contributed by atoms with E-state index >= 15 is 0 Å². The first-order valence-electron chi connectivity index (χ1n) is 6.40. The Bertz CT molecular complexity index is 661. The molecule has 0 saturated carbocycles. The largest absolute Gasteiger partial charge is 0.343 e. The molecule has 110 valence electrons. The molecule has 0 aliphatic rings. The summed E-state index contributed by atoms with van der Waals surface area (Å²) in [5.41, 5.74) is 2.56. The lowest BCUT2D eigenvalue weighted by Crippen LogP contribution is -2.32. The Kier molecular flexibility index (Phi) is 4.64. The van der Waals surface area contributed by atoms with E-state index < -0.39 is 0 Å². The third-order valence-corrected chi connectivity index (χ3v) is 3.42. The van der Waals surface area contributed by atoms with Gasteiger partial charge in [-0.15, -0.1) is 10.2 Å². The van der Waals surface area contributed by atoms with Gasteiger partial charge in [0.15, 0.2) is 0 Å². The van der Waals surface area contributed by atoms with E-state index in [1.807, 2.05) is 19.9 Å². The fourth-order valence-electron chi connectivity index (χ4n) is 1.88. The van der Waals surface area contributed by atoms with Crippen molar-refractivity contribution < 1.29 is 9.59 Å². The van der Waals surface area contributed by atoms with E-state index in [2.05, 4.69) is 20.8 Å². The summed E-state index contributed by atoms with van der Waals surface area (Å²) in [4.78, 5) is 23.7. The molecule has 0 saturated heterocycles. The molecule has 0 unspecified atom stereocenters. The molecule has 7 heteroatoms. The van der Waals surface area contributed by atoms with Gasteiger partial charge in [0.25, 0.3) is 5.91 Å². The maximum atomic E-state index is 12.0. The summed E-state index contributed by atoms with van der Waals surface area (Å²) < 4.78 is 0. The number of amides is 2. The summed E-state index contributed by atoms with van der Waals surface area (Å²) in [6, 6.07) is 5.56. The molecule has 0 spiro atoms. The monoisotopic (exact) mass is 304 g/mol. The average molecular weight is 304 g/mol. The van der Waals surface area contributed by atoms with Gasteiger partial charge in [0.2, 0.25) is 11.0 Å². The summed E-state index contributed by atoms with van der Waals surface area (Å²) in [6.07, 6.45) is 0. The van der Waals surface area contributed by atoms with Gasteiger partial charge < -0.3 is 5.32 Å². The van der Waals surface area contributed by atoms with Gasteiger partial charge in [-0.2, -0.15) is 0 Å². The van der Waals surface area contributed by atoms with E-state index in [1.165, 1.54) is 11.3 Å². The molecule has 21 heavy (non-hydrogen) atoms. The topological polar surface area (TPSA) is 84.0 Å². The third-order valence-electron chi connectivity index (χ3n) is 2.67. The van der Waals surface area contributed by atoms with E-state index in [0.717, 1.165) is 16.1 Å². The Labute approximate surface area is 126 Å². The predicted octanol–water partition coefficient (Wildman–Crippen LogP) is 1.83. The molecule has 0 aliphatic heterocycles. The zero-order valence-electron chi connectivity index (χ0n) is 12.1. The first kappa shape index (κ1) is 15.1. The van der Waals surface area contributed by atoms with Crippen molar-refractivity contribution in [2.24, 2.45) is 0 Å². The standard InChI is InChI=1S/C14H16N4O2S/c1-8-4-9(2)6-11(5-8)13(20)15-7-12(19)16-14-18-17-10(3)21-14/h4-6H,7H2,1-3H3,(H,15,20)(H,16,18,19). The molecule has 2 aromatic rings. The zero-order valence-corrected chi connectivity index (χ0v) is 12.9. The number of benzene rings is 1. The number of aryl methyl sites for hydroxylation is 3. The first-order valence-corrected chi connectivity index (χ1v) is 7.22. The van der Waals surface area contributed by atoms with Crippen molar-refractivity contribution in [3.8, 4) is 0 Å². The number of nitrogens with one attached hydrogen (secondary N) is 2. The first-order chi connectivity index (χ1) is 9.94. The highest BCUT2D eigenvalue weighted by Crippen LogP contribution is 2.13. The highest BCUT2D eigenvalue weighted by Gasteiger charge is 2.10. The SMILES string of the molecule is Cc1cc(C)cc(C(=O)NCC(=O)Nc2nnc(C)s2)c1. The molecule has 2 N–H and O–H groups in total. The van der Waals surface area contributed by atoms with Gasteiger partial charge in [-0.25, -0.2) is 0 Å². The number of anilines is 1. The van der Waals surface area contributed by atoms with Gasteiger partial charge in [0.1, 0.15) is 5.01 Å². The molecular weight excluding hydrogens is 288 g/mol. The maximum absolute atomic E-state index is 12.0. The summed E-state index contributed by atoms with van der Waals surface area (Å²) in [5.74, 6) is -0.603. The van der Waals surface area contributed by atoms with Crippen LogP contribution in [0, 0.1) is 20.8 Å². The molecule has 2 rings (SSSR count). The lowest BCUT2D eigenvalue weighted by atomic mass is 10.1. The van der Waals surface area contributed by atoms with Crippen LogP contribution in [0.15, 0.2) is 18.2 Å². The normalized spacial score (nSPS) is 10.2. The van der Waals surface area contributed by atoms with Crippen LogP contribution in [-0.2, 0) is 4.79 Å². The van der Waals surface area contributed by atoms with E-state index in [0.29, 0.717) is 10.7 Å². The number of rotatable bonds is 4. The van der Waals surface area contributed by atoms with Crippen LogP contribution >= 0.6 is 11.3 Å². The summed E-state index contributed by atoms with van der Waals surface area (Å²) in [7, 11) is 0. The Hall–Kier alpha value is -2.28. The lowest BCUT2D eigenvalue weighted by Gasteiger charge is -2.06. The van der Waals surface area contributed by atoms with Gasteiger partial charge in [0, 0.05) is 5.56 Å². The summed E-state index contributed by atoms with van der Waals surface area (Å²) in [5, 5.41) is 14.0. The van der Waals surface area contributed by atoms with E-state index in [1.54, 1.807) is 19.1 Å². The van der Waals surface area contributed by atoms with Crippen molar-refractivity contribution in [1.82, 2.24) is 15.5 Å². The summed E-state index contributed by atoms with van der Waals surface area (Å²) >= 11 is 1.28. The minimum Gasteiger partial charge on any atom is -0.343 e. The maximum Gasteiger partial charge on any atom is 0.251 e. The van der Waals surface area contributed by atoms with Gasteiger partial charge in [-0.3, -0.25) is 14.9 Å². The second-order valence-corrected chi connectivity index (χ2v) is 5.92. The Morgan fingerprint density at radius 3 is 2.33 bits per heavy atom. The number of nitrogens with zero attached hydrogens (tertiary/aromatic N) is 2. The van der Waals surface area contributed by atoms with Gasteiger partial charge in [-0.05, 0) is 32.9 Å². The van der Waals surface area contributed by atoms with Crippen LogP contribution in [0.3, 0.4) is 0 Å². The Balaban J connectivity index is 1.90. The second-order valence-electron chi connectivity index (χ2n) is 4.73. The fourth-order valence-corrected chi connectivity index (χ4v) is 2.49. The molecule has 1 aromatic heterocycles. The number of carbonyl (C=O) groups excluding carboxylic acids is 2. The van der Waals surface area contributed by atoms with Crippen molar-refractivity contribution in [1.29, 1.82) is 0 Å². The summed E-state index contributed by atoms with van der Waals surface area (Å²) in [6.45, 7) is 5.54. The molecule has 0 radical (unpaired) electrons. The second kappa shape index (κ2) is 6.45. The Morgan fingerprint density at radius 1 is 1.10 bits per heavy atom. The molecule has 0 bridgehead atoms. The van der Waals surface area contributed by atoms with Crippen LogP contribution < -0.4 is 10.6 Å². The van der Waals surface area contributed by atoms with Crippen LogP contribution in [0.4, 0.5) is 5.13 Å². The number of aromatic nitrogens is 2. The smallest absolute Gasteiger partial charge is 0.251 e. The van der Waals surface area contributed by atoms with Crippen molar-refractivity contribution in [2.45, 2.75) is 20.8 Å². The van der Waals surface area contributed by atoms with Crippen molar-refractivity contribution in [3.05, 3.63) is 39.9 Å². The molecule has 0 atom stereocenters. The van der Waals surface area contributed by atoms with Crippen LogP contribution in [0.25, 0.3) is 0 Å². The zero-order chi connectivity index (χ0) is 15.4. The van der Waals surface area contributed by atoms with E-state index in [9.17, 15) is 9.59 Å². The van der Waals surface area contributed by atoms with Crippen LogP contribution in [0.5, 0.6) is 0 Å². The quantitative estimate of drug-likeness (QED) is 0.902. The van der Waals surface area contributed by atoms with Crippen LogP contribution in [-0.4, -0.2) is 28.6 Å². The fraction of sp³-hybridized carbons (Fsp3) is 0.286. The van der Waals surface area contributed by atoms with Gasteiger partial charge in [-0.1, -0.05) is 28.5 Å². The number of hydrogen-bond acceptors (Lipinski definition) is 5. The molecular formula is C14H16N4O2S. The number of carbonyl (C=O) groups is 2. The number of hydrogen-bond donors (Lipinski definition) is 2. The van der Waals surface area contributed by atoms with Gasteiger partial charge in [0.05, 0.1) is 6.54 Å². The lowest BCUT2D eigenvalue weighted by molar-refractivity contribution is -0.115. The van der Waals surface area contributed by atoms with E-state index in [4.69, 9.17) is 0 Å². The molecule has 1 heterocycles. The van der Waals surface area contributed by atoms with Crippen LogP contribution in [0.2, 0.25) is 0 Å². The minimum absolute atomic E-state index is 0.107. The molecule has 2 amide bonds. The third kappa shape index (κ3) is 4.35. The van der Waals surface area contributed by atoms with Crippen molar-refractivity contribution in [2.75, 3.05) is 11.9 Å².